The minimum absolute atomic E-state index is 0.138. The van der Waals surface area contributed by atoms with Crippen molar-refractivity contribution in [2.75, 3.05) is 6.26 Å². The van der Waals surface area contributed by atoms with Crippen LogP contribution in [0, 0.1) is 0 Å². The van der Waals surface area contributed by atoms with Crippen molar-refractivity contribution < 1.29 is 8.42 Å². The lowest BCUT2D eigenvalue weighted by Crippen LogP contribution is -2.26. The average Bonchev–Trinajstić information content (AvgIpc) is 2.47. The lowest BCUT2D eigenvalue weighted by atomic mass is 10.2. The van der Waals surface area contributed by atoms with Gasteiger partial charge in [-0.1, -0.05) is 6.07 Å². The molecule has 5 heteroatoms. The van der Waals surface area contributed by atoms with Crippen molar-refractivity contribution in [1.29, 1.82) is 0 Å². The van der Waals surface area contributed by atoms with Crippen molar-refractivity contribution in [2.45, 2.75) is 18.9 Å². The lowest BCUT2D eigenvalue weighted by molar-refractivity contribution is 0.556. The molecule has 2 rings (SSSR count). The van der Waals surface area contributed by atoms with Crippen molar-refractivity contribution in [3.05, 3.63) is 29.6 Å². The van der Waals surface area contributed by atoms with Crippen LogP contribution in [0.3, 0.4) is 0 Å². The molecule has 1 unspecified atom stereocenters. The summed E-state index contributed by atoms with van der Waals surface area (Å²) in [5.74, 6) is 0. The Kier molecular flexibility index (Phi) is 2.28. The summed E-state index contributed by atoms with van der Waals surface area (Å²) in [4.78, 5) is 4.20. The molecule has 1 N–H and O–H groups in total. The zero-order valence-corrected chi connectivity index (χ0v) is 8.71. The van der Waals surface area contributed by atoms with E-state index in [1.165, 1.54) is 6.26 Å². The minimum atomic E-state index is -3.14. The number of hydrogen-bond acceptors (Lipinski definition) is 3. The fourth-order valence-corrected chi connectivity index (χ4v) is 2.53. The van der Waals surface area contributed by atoms with E-state index in [1.54, 1.807) is 6.20 Å². The van der Waals surface area contributed by atoms with Gasteiger partial charge >= 0.3 is 0 Å². The molecule has 1 aliphatic carbocycles. The van der Waals surface area contributed by atoms with Crippen molar-refractivity contribution in [3.63, 3.8) is 0 Å². The second-order valence-electron chi connectivity index (χ2n) is 3.53. The quantitative estimate of drug-likeness (QED) is 0.781. The van der Waals surface area contributed by atoms with Crippen molar-refractivity contribution in [2.24, 2.45) is 0 Å². The molecular weight excluding hydrogens is 200 g/mol. The predicted molar refractivity (Wildman–Crippen MR) is 53.3 cm³/mol. The minimum Gasteiger partial charge on any atom is -0.259 e. The molecule has 1 atom stereocenters. The summed E-state index contributed by atoms with van der Waals surface area (Å²) < 4.78 is 24.7. The Bertz CT molecular complexity index is 442. The third-order valence-electron chi connectivity index (χ3n) is 2.31. The van der Waals surface area contributed by atoms with Gasteiger partial charge in [-0.3, -0.25) is 4.98 Å². The molecule has 0 saturated carbocycles. The number of aromatic nitrogens is 1. The molecule has 0 saturated heterocycles. The fraction of sp³-hybridized carbons (Fsp3) is 0.444. The SMILES string of the molecule is CS(=O)(=O)NC1CCc2cccnc21. The number of nitrogens with zero attached hydrogens (tertiary/aromatic N) is 1. The van der Waals surface area contributed by atoms with E-state index < -0.39 is 10.0 Å². The molecular formula is C9H12N2O2S. The van der Waals surface area contributed by atoms with Gasteiger partial charge in [0.1, 0.15) is 0 Å². The third kappa shape index (κ3) is 1.93. The van der Waals surface area contributed by atoms with E-state index >= 15 is 0 Å². The topological polar surface area (TPSA) is 59.1 Å². The summed E-state index contributed by atoms with van der Waals surface area (Å²) in [5.41, 5.74) is 2.02. The number of fused-ring (bicyclic) bond motifs is 1. The van der Waals surface area contributed by atoms with Gasteiger partial charge in [0.05, 0.1) is 18.0 Å². The summed E-state index contributed by atoms with van der Waals surface area (Å²) >= 11 is 0. The maximum Gasteiger partial charge on any atom is 0.209 e. The Morgan fingerprint density at radius 3 is 3.07 bits per heavy atom. The molecule has 1 aromatic heterocycles. The molecule has 1 aromatic rings. The van der Waals surface area contributed by atoms with Crippen LogP contribution in [-0.2, 0) is 16.4 Å². The Hall–Kier alpha value is -0.940. The van der Waals surface area contributed by atoms with E-state index in [0.717, 1.165) is 24.1 Å². The summed E-state index contributed by atoms with van der Waals surface area (Å²) in [6.45, 7) is 0. The Balaban J connectivity index is 2.27. The average molecular weight is 212 g/mol. The lowest BCUT2D eigenvalue weighted by Gasteiger charge is -2.10. The summed E-state index contributed by atoms with van der Waals surface area (Å²) in [7, 11) is -3.14. The summed E-state index contributed by atoms with van der Waals surface area (Å²) in [6, 6.07) is 3.73. The van der Waals surface area contributed by atoms with E-state index in [9.17, 15) is 8.42 Å². The van der Waals surface area contributed by atoms with Crippen LogP contribution in [0.5, 0.6) is 0 Å². The van der Waals surface area contributed by atoms with Crippen LogP contribution in [0.25, 0.3) is 0 Å². The normalized spacial score (nSPS) is 20.8. The van der Waals surface area contributed by atoms with E-state index in [4.69, 9.17) is 0 Å². The van der Waals surface area contributed by atoms with Crippen LogP contribution in [-0.4, -0.2) is 19.7 Å². The first-order chi connectivity index (χ1) is 6.56. The fourth-order valence-electron chi connectivity index (χ4n) is 1.79. The standard InChI is InChI=1S/C9H12N2O2S/c1-14(12,13)11-8-5-4-7-3-2-6-10-9(7)8/h2-3,6,8,11H,4-5H2,1H3. The van der Waals surface area contributed by atoms with Crippen LogP contribution in [0.2, 0.25) is 0 Å². The van der Waals surface area contributed by atoms with Gasteiger partial charge in [-0.15, -0.1) is 0 Å². The van der Waals surface area contributed by atoms with Gasteiger partial charge in [0, 0.05) is 6.20 Å². The molecule has 14 heavy (non-hydrogen) atoms. The highest BCUT2D eigenvalue weighted by Gasteiger charge is 2.25. The molecule has 0 spiro atoms. The Morgan fingerprint density at radius 1 is 1.57 bits per heavy atom. The Labute approximate surface area is 83.4 Å². The first kappa shape index (κ1) is 9.61. The van der Waals surface area contributed by atoms with Gasteiger partial charge in [-0.2, -0.15) is 0 Å². The van der Waals surface area contributed by atoms with Gasteiger partial charge in [0.2, 0.25) is 10.0 Å². The largest absolute Gasteiger partial charge is 0.259 e. The van der Waals surface area contributed by atoms with Crippen LogP contribution >= 0.6 is 0 Å². The molecule has 1 heterocycles. The van der Waals surface area contributed by atoms with Crippen molar-refractivity contribution in [3.8, 4) is 0 Å². The van der Waals surface area contributed by atoms with Gasteiger partial charge in [0.25, 0.3) is 0 Å². The highest BCUT2D eigenvalue weighted by Crippen LogP contribution is 2.28. The maximum atomic E-state index is 11.1. The molecule has 4 nitrogen and oxygen atoms in total. The highest BCUT2D eigenvalue weighted by atomic mass is 32.2. The summed E-state index contributed by atoms with van der Waals surface area (Å²) in [6.07, 6.45) is 4.57. The number of hydrogen-bond donors (Lipinski definition) is 1. The van der Waals surface area contributed by atoms with Gasteiger partial charge in [0.15, 0.2) is 0 Å². The molecule has 0 bridgehead atoms. The number of aryl methyl sites for hydroxylation is 1. The molecule has 0 fully saturated rings. The third-order valence-corrected chi connectivity index (χ3v) is 3.03. The second-order valence-corrected chi connectivity index (χ2v) is 5.31. The van der Waals surface area contributed by atoms with Crippen molar-refractivity contribution >= 4 is 10.0 Å². The number of sulfonamides is 1. The molecule has 76 valence electrons. The van der Waals surface area contributed by atoms with Crippen LogP contribution in [0.1, 0.15) is 23.7 Å². The molecule has 0 amide bonds. The van der Waals surface area contributed by atoms with E-state index in [2.05, 4.69) is 9.71 Å². The van der Waals surface area contributed by atoms with E-state index in [0.29, 0.717) is 0 Å². The van der Waals surface area contributed by atoms with Gasteiger partial charge in [-0.05, 0) is 24.5 Å². The van der Waals surface area contributed by atoms with E-state index in [1.807, 2.05) is 12.1 Å². The smallest absolute Gasteiger partial charge is 0.209 e. The predicted octanol–water partition coefficient (Wildman–Crippen LogP) is 0.618. The number of pyridine rings is 1. The van der Waals surface area contributed by atoms with Crippen LogP contribution in [0.4, 0.5) is 0 Å². The zero-order chi connectivity index (χ0) is 10.2. The number of nitrogens with one attached hydrogen (secondary N) is 1. The van der Waals surface area contributed by atoms with Gasteiger partial charge < -0.3 is 0 Å². The maximum absolute atomic E-state index is 11.1. The first-order valence-electron chi connectivity index (χ1n) is 4.47. The molecule has 1 aliphatic rings. The number of rotatable bonds is 2. The summed E-state index contributed by atoms with van der Waals surface area (Å²) in [5, 5.41) is 0. The first-order valence-corrected chi connectivity index (χ1v) is 6.36. The highest BCUT2D eigenvalue weighted by molar-refractivity contribution is 7.88. The second kappa shape index (κ2) is 3.33. The molecule has 0 aliphatic heterocycles. The monoisotopic (exact) mass is 212 g/mol. The Morgan fingerprint density at radius 2 is 2.36 bits per heavy atom. The van der Waals surface area contributed by atoms with E-state index in [-0.39, 0.29) is 6.04 Å². The zero-order valence-electron chi connectivity index (χ0n) is 7.90. The molecule has 0 radical (unpaired) electrons. The molecule has 0 aromatic carbocycles. The van der Waals surface area contributed by atoms with Gasteiger partial charge in [-0.25, -0.2) is 13.1 Å². The van der Waals surface area contributed by atoms with Crippen molar-refractivity contribution in [1.82, 2.24) is 9.71 Å². The van der Waals surface area contributed by atoms with Crippen LogP contribution < -0.4 is 4.72 Å². The van der Waals surface area contributed by atoms with Crippen LogP contribution in [0.15, 0.2) is 18.3 Å².